The summed E-state index contributed by atoms with van der Waals surface area (Å²) in [6.45, 7) is 1.81. The second-order valence-corrected chi connectivity index (χ2v) is 5.45. The maximum atomic E-state index is 11.8. The highest BCUT2D eigenvalue weighted by molar-refractivity contribution is 5.73. The van der Waals surface area contributed by atoms with Crippen molar-refractivity contribution in [2.75, 3.05) is 13.2 Å². The van der Waals surface area contributed by atoms with Crippen molar-refractivity contribution in [3.05, 3.63) is 60.1 Å². The molecule has 2 heterocycles. The van der Waals surface area contributed by atoms with Gasteiger partial charge in [0.15, 0.2) is 0 Å². The molecule has 5 nitrogen and oxygen atoms in total. The van der Waals surface area contributed by atoms with E-state index in [9.17, 15) is 4.79 Å². The summed E-state index contributed by atoms with van der Waals surface area (Å²) in [6, 6.07) is 11.8. The fourth-order valence-electron chi connectivity index (χ4n) is 2.72. The van der Waals surface area contributed by atoms with Crippen molar-refractivity contribution in [1.82, 2.24) is 10.6 Å². The number of rotatable bonds is 5. The Kier molecular flexibility index (Phi) is 4.75. The lowest BCUT2D eigenvalue weighted by Gasteiger charge is -2.19. The molecule has 1 aromatic carbocycles. The highest BCUT2D eigenvalue weighted by Gasteiger charge is 2.29. The maximum Gasteiger partial charge on any atom is 0.315 e. The molecule has 0 spiro atoms. The Balaban J connectivity index is 1.47. The summed E-state index contributed by atoms with van der Waals surface area (Å²) < 4.78 is 10.8. The Bertz CT molecular complexity index is 583. The molecule has 1 aliphatic heterocycles. The quantitative estimate of drug-likeness (QED) is 0.892. The zero-order chi connectivity index (χ0) is 15.2. The van der Waals surface area contributed by atoms with Crippen molar-refractivity contribution in [3.63, 3.8) is 0 Å². The highest BCUT2D eigenvalue weighted by atomic mass is 16.5. The minimum Gasteiger partial charge on any atom is -0.472 e. The van der Waals surface area contributed by atoms with Gasteiger partial charge in [-0.2, -0.15) is 0 Å². The monoisotopic (exact) mass is 300 g/mol. The van der Waals surface area contributed by atoms with Gasteiger partial charge in [-0.1, -0.05) is 30.3 Å². The second kappa shape index (κ2) is 7.13. The third-order valence-electron chi connectivity index (χ3n) is 3.90. The molecule has 22 heavy (non-hydrogen) atoms. The molecule has 2 aromatic rings. The molecule has 0 unspecified atom stereocenters. The first kappa shape index (κ1) is 14.7. The summed E-state index contributed by atoms with van der Waals surface area (Å²) in [5.74, 6) is 0.307. The number of furan rings is 1. The molecule has 0 bridgehead atoms. The number of hydrogen-bond acceptors (Lipinski definition) is 3. The first-order valence-corrected chi connectivity index (χ1v) is 7.52. The molecule has 2 amide bonds. The van der Waals surface area contributed by atoms with Gasteiger partial charge in [0.2, 0.25) is 0 Å². The van der Waals surface area contributed by atoms with Crippen LogP contribution in [-0.4, -0.2) is 19.2 Å². The lowest BCUT2D eigenvalue weighted by Crippen LogP contribution is -2.38. The maximum absolute atomic E-state index is 11.8. The minimum absolute atomic E-state index is 0.0652. The zero-order valence-corrected chi connectivity index (χ0v) is 12.3. The molecule has 0 radical (unpaired) electrons. The molecule has 1 fully saturated rings. The predicted octanol–water partition coefficient (Wildman–Crippen LogP) is 2.86. The molecular formula is C17H20N2O3. The van der Waals surface area contributed by atoms with Gasteiger partial charge < -0.3 is 19.8 Å². The number of carbonyl (C=O) groups excluding carboxylic acids is 1. The van der Waals surface area contributed by atoms with E-state index in [0.29, 0.717) is 19.0 Å². The van der Waals surface area contributed by atoms with Gasteiger partial charge in [0.1, 0.15) is 0 Å². The fraction of sp³-hybridized carbons (Fsp3) is 0.353. The molecular weight excluding hydrogens is 280 g/mol. The summed E-state index contributed by atoms with van der Waals surface area (Å²) in [5.41, 5.74) is 2.12. The highest BCUT2D eigenvalue weighted by Crippen LogP contribution is 2.33. The van der Waals surface area contributed by atoms with E-state index in [0.717, 1.165) is 18.6 Å². The number of benzene rings is 1. The Hall–Kier alpha value is -2.27. The smallest absolute Gasteiger partial charge is 0.315 e. The SMILES string of the molecule is O=C(NCc1ccoc1)NC[C@H]1CCO[C@@H]1c1ccccc1. The number of nitrogens with one attached hydrogen (secondary N) is 2. The summed E-state index contributed by atoms with van der Waals surface area (Å²) in [7, 11) is 0. The molecule has 5 heteroatoms. The van der Waals surface area contributed by atoms with E-state index in [1.165, 1.54) is 5.56 Å². The topological polar surface area (TPSA) is 63.5 Å². The normalized spacial score (nSPS) is 20.7. The van der Waals surface area contributed by atoms with Gasteiger partial charge in [0.25, 0.3) is 0 Å². The van der Waals surface area contributed by atoms with E-state index in [-0.39, 0.29) is 12.1 Å². The van der Waals surface area contributed by atoms with Crippen LogP contribution in [0.5, 0.6) is 0 Å². The van der Waals surface area contributed by atoms with E-state index in [2.05, 4.69) is 22.8 Å². The number of amides is 2. The third kappa shape index (κ3) is 3.68. The number of hydrogen-bond donors (Lipinski definition) is 2. The van der Waals surface area contributed by atoms with Crippen LogP contribution in [0.25, 0.3) is 0 Å². The number of carbonyl (C=O) groups is 1. The summed E-state index contributed by atoms with van der Waals surface area (Å²) in [4.78, 5) is 11.8. The van der Waals surface area contributed by atoms with Crippen molar-refractivity contribution < 1.29 is 13.9 Å². The van der Waals surface area contributed by atoms with Gasteiger partial charge in [-0.05, 0) is 18.1 Å². The van der Waals surface area contributed by atoms with E-state index in [1.807, 2.05) is 24.3 Å². The Labute approximate surface area is 129 Å². The van der Waals surface area contributed by atoms with E-state index < -0.39 is 0 Å². The Morgan fingerprint density at radius 1 is 1.18 bits per heavy atom. The van der Waals surface area contributed by atoms with Crippen LogP contribution in [0, 0.1) is 5.92 Å². The Morgan fingerprint density at radius 3 is 2.82 bits per heavy atom. The van der Waals surface area contributed by atoms with Crippen LogP contribution in [0.15, 0.2) is 53.3 Å². The molecule has 116 valence electrons. The van der Waals surface area contributed by atoms with Gasteiger partial charge in [0, 0.05) is 31.2 Å². The van der Waals surface area contributed by atoms with E-state index in [1.54, 1.807) is 12.5 Å². The van der Waals surface area contributed by atoms with E-state index >= 15 is 0 Å². The van der Waals surface area contributed by atoms with Gasteiger partial charge >= 0.3 is 6.03 Å². The van der Waals surface area contributed by atoms with Crippen LogP contribution in [-0.2, 0) is 11.3 Å². The van der Waals surface area contributed by atoms with Gasteiger partial charge in [-0.15, -0.1) is 0 Å². The average Bonchev–Trinajstić information content (AvgIpc) is 3.23. The zero-order valence-electron chi connectivity index (χ0n) is 12.3. The van der Waals surface area contributed by atoms with Crippen LogP contribution >= 0.6 is 0 Å². The van der Waals surface area contributed by atoms with Crippen LogP contribution in [0.3, 0.4) is 0 Å². The average molecular weight is 300 g/mol. The molecule has 1 aliphatic rings. The first-order chi connectivity index (χ1) is 10.8. The lowest BCUT2D eigenvalue weighted by atomic mass is 9.95. The van der Waals surface area contributed by atoms with E-state index in [4.69, 9.17) is 9.15 Å². The van der Waals surface area contributed by atoms with Crippen LogP contribution in [0.4, 0.5) is 4.79 Å². The van der Waals surface area contributed by atoms with Crippen molar-refractivity contribution in [2.24, 2.45) is 5.92 Å². The summed E-state index contributed by atoms with van der Waals surface area (Å²) in [6.07, 6.45) is 4.24. The predicted molar refractivity (Wildman–Crippen MR) is 82.2 cm³/mol. The molecule has 1 aromatic heterocycles. The number of ether oxygens (including phenoxy) is 1. The Morgan fingerprint density at radius 2 is 2.05 bits per heavy atom. The molecule has 3 rings (SSSR count). The molecule has 2 atom stereocenters. The lowest BCUT2D eigenvalue weighted by molar-refractivity contribution is 0.0910. The molecule has 0 aliphatic carbocycles. The molecule has 0 saturated carbocycles. The molecule has 1 saturated heterocycles. The van der Waals surface area contributed by atoms with Crippen molar-refractivity contribution in [2.45, 2.75) is 19.1 Å². The molecule has 2 N–H and O–H groups in total. The van der Waals surface area contributed by atoms with Crippen molar-refractivity contribution in [1.29, 1.82) is 0 Å². The summed E-state index contributed by atoms with van der Waals surface area (Å²) in [5, 5.41) is 5.74. The van der Waals surface area contributed by atoms with Crippen LogP contribution in [0.2, 0.25) is 0 Å². The third-order valence-corrected chi connectivity index (χ3v) is 3.90. The van der Waals surface area contributed by atoms with Crippen LogP contribution in [0.1, 0.15) is 23.7 Å². The fourth-order valence-corrected chi connectivity index (χ4v) is 2.72. The van der Waals surface area contributed by atoms with Gasteiger partial charge in [0.05, 0.1) is 18.6 Å². The number of urea groups is 1. The van der Waals surface area contributed by atoms with Gasteiger partial charge in [-0.25, -0.2) is 4.79 Å². The first-order valence-electron chi connectivity index (χ1n) is 7.52. The van der Waals surface area contributed by atoms with Crippen molar-refractivity contribution in [3.8, 4) is 0 Å². The second-order valence-electron chi connectivity index (χ2n) is 5.45. The van der Waals surface area contributed by atoms with Gasteiger partial charge in [-0.3, -0.25) is 0 Å². The van der Waals surface area contributed by atoms with Crippen molar-refractivity contribution >= 4 is 6.03 Å². The van der Waals surface area contributed by atoms with Crippen LogP contribution < -0.4 is 10.6 Å². The minimum atomic E-state index is -0.167. The summed E-state index contributed by atoms with van der Waals surface area (Å²) >= 11 is 0. The standard InChI is InChI=1S/C17H20N2O3/c20-17(18-10-13-6-8-21-12-13)19-11-15-7-9-22-16(15)14-4-2-1-3-5-14/h1-6,8,12,15-16H,7,9-11H2,(H2,18,19,20)/t15-,16-/m1/s1. The largest absolute Gasteiger partial charge is 0.472 e.